The van der Waals surface area contributed by atoms with Gasteiger partial charge in [0.1, 0.15) is 0 Å². The molecule has 0 spiro atoms. The molecule has 0 radical (unpaired) electrons. The maximum absolute atomic E-state index is 12.5. The summed E-state index contributed by atoms with van der Waals surface area (Å²) in [5, 5.41) is 7.66. The van der Waals surface area contributed by atoms with E-state index in [1.807, 2.05) is 66.7 Å². The third-order valence-corrected chi connectivity index (χ3v) is 4.48. The first-order valence-corrected chi connectivity index (χ1v) is 8.90. The van der Waals surface area contributed by atoms with Crippen LogP contribution in [0.15, 0.2) is 71.2 Å². The third-order valence-electron chi connectivity index (χ3n) is 3.99. The molecule has 0 aliphatic heterocycles. The molecule has 0 saturated carbocycles. The highest BCUT2D eigenvalue weighted by Gasteiger charge is 2.18. The standard InChI is InChI=1S/C20H18BrN3O2/c21-16-7-3-6-15(10-16)18(24-20(22)26)12-19(25)23-17-9-8-13-4-1-2-5-14(13)11-17/h1-11,18H,12H2,(H,23,25)(H3,22,24,26). The second kappa shape index (κ2) is 8.01. The zero-order chi connectivity index (χ0) is 18.5. The van der Waals surface area contributed by atoms with Crippen LogP contribution in [0.4, 0.5) is 10.5 Å². The fourth-order valence-electron chi connectivity index (χ4n) is 2.81. The smallest absolute Gasteiger partial charge is 0.312 e. The van der Waals surface area contributed by atoms with E-state index in [0.717, 1.165) is 20.8 Å². The Morgan fingerprint density at radius 1 is 0.962 bits per heavy atom. The number of amides is 3. The van der Waals surface area contributed by atoms with Crippen molar-refractivity contribution in [3.63, 3.8) is 0 Å². The molecule has 1 atom stereocenters. The van der Waals surface area contributed by atoms with Gasteiger partial charge in [0.2, 0.25) is 5.91 Å². The Morgan fingerprint density at radius 2 is 1.73 bits per heavy atom. The molecular weight excluding hydrogens is 394 g/mol. The lowest BCUT2D eigenvalue weighted by molar-refractivity contribution is -0.116. The lowest BCUT2D eigenvalue weighted by Gasteiger charge is -2.18. The molecule has 0 fully saturated rings. The molecule has 0 aromatic heterocycles. The molecule has 0 aliphatic carbocycles. The SMILES string of the molecule is NC(=O)NC(CC(=O)Nc1ccc2ccccc2c1)c1cccc(Br)c1. The van der Waals surface area contributed by atoms with Gasteiger partial charge in [-0.05, 0) is 40.6 Å². The number of halogens is 1. The van der Waals surface area contributed by atoms with Crippen molar-refractivity contribution in [3.05, 3.63) is 76.8 Å². The number of rotatable bonds is 5. The third kappa shape index (κ3) is 4.61. The zero-order valence-corrected chi connectivity index (χ0v) is 15.5. The number of nitrogens with two attached hydrogens (primary N) is 1. The zero-order valence-electron chi connectivity index (χ0n) is 13.9. The van der Waals surface area contributed by atoms with Gasteiger partial charge in [-0.15, -0.1) is 0 Å². The molecule has 0 heterocycles. The summed E-state index contributed by atoms with van der Waals surface area (Å²) in [7, 11) is 0. The minimum absolute atomic E-state index is 0.0756. The molecule has 26 heavy (non-hydrogen) atoms. The molecule has 5 nitrogen and oxygen atoms in total. The number of hydrogen-bond acceptors (Lipinski definition) is 2. The van der Waals surface area contributed by atoms with Crippen molar-refractivity contribution in [1.29, 1.82) is 0 Å². The van der Waals surface area contributed by atoms with Gasteiger partial charge in [-0.2, -0.15) is 0 Å². The highest BCUT2D eigenvalue weighted by atomic mass is 79.9. The van der Waals surface area contributed by atoms with Crippen LogP contribution in [-0.2, 0) is 4.79 Å². The average Bonchev–Trinajstić information content (AvgIpc) is 2.60. The molecule has 0 bridgehead atoms. The van der Waals surface area contributed by atoms with Gasteiger partial charge < -0.3 is 16.4 Å². The van der Waals surface area contributed by atoms with Crippen LogP contribution in [-0.4, -0.2) is 11.9 Å². The van der Waals surface area contributed by atoms with Crippen molar-refractivity contribution in [1.82, 2.24) is 5.32 Å². The van der Waals surface area contributed by atoms with Crippen LogP contribution in [0.25, 0.3) is 10.8 Å². The average molecular weight is 412 g/mol. The summed E-state index contributed by atoms with van der Waals surface area (Å²) in [4.78, 5) is 23.8. The highest BCUT2D eigenvalue weighted by molar-refractivity contribution is 9.10. The number of anilines is 1. The Balaban J connectivity index is 1.75. The highest BCUT2D eigenvalue weighted by Crippen LogP contribution is 2.23. The van der Waals surface area contributed by atoms with Crippen molar-refractivity contribution in [3.8, 4) is 0 Å². The molecule has 3 rings (SSSR count). The monoisotopic (exact) mass is 411 g/mol. The molecule has 4 N–H and O–H groups in total. The van der Waals surface area contributed by atoms with Crippen LogP contribution in [0.1, 0.15) is 18.0 Å². The molecule has 3 aromatic rings. The lowest BCUT2D eigenvalue weighted by Crippen LogP contribution is -2.35. The van der Waals surface area contributed by atoms with Gasteiger partial charge in [-0.25, -0.2) is 4.79 Å². The molecular formula is C20H18BrN3O2. The van der Waals surface area contributed by atoms with E-state index in [9.17, 15) is 9.59 Å². The van der Waals surface area contributed by atoms with Gasteiger partial charge in [0.25, 0.3) is 0 Å². The van der Waals surface area contributed by atoms with Crippen molar-refractivity contribution >= 4 is 44.3 Å². The van der Waals surface area contributed by atoms with Gasteiger partial charge >= 0.3 is 6.03 Å². The Morgan fingerprint density at radius 3 is 2.46 bits per heavy atom. The first-order valence-electron chi connectivity index (χ1n) is 8.11. The topological polar surface area (TPSA) is 84.2 Å². The quantitative estimate of drug-likeness (QED) is 0.583. The van der Waals surface area contributed by atoms with Crippen molar-refractivity contribution in [2.75, 3.05) is 5.32 Å². The van der Waals surface area contributed by atoms with Gasteiger partial charge in [-0.3, -0.25) is 4.79 Å². The second-order valence-corrected chi connectivity index (χ2v) is 6.85. The summed E-state index contributed by atoms with van der Waals surface area (Å²) in [6.07, 6.45) is 0.0756. The van der Waals surface area contributed by atoms with E-state index < -0.39 is 12.1 Å². The predicted octanol–water partition coefficient (Wildman–Crippen LogP) is 4.34. The van der Waals surface area contributed by atoms with Crippen LogP contribution in [0.2, 0.25) is 0 Å². The fourth-order valence-corrected chi connectivity index (χ4v) is 3.23. The molecule has 6 heteroatoms. The normalized spacial score (nSPS) is 11.7. The van der Waals surface area contributed by atoms with Gasteiger partial charge in [0, 0.05) is 10.2 Å². The molecule has 132 valence electrons. The fraction of sp³-hybridized carbons (Fsp3) is 0.100. The van der Waals surface area contributed by atoms with Crippen LogP contribution < -0.4 is 16.4 Å². The number of carbonyl (C=O) groups excluding carboxylic acids is 2. The van der Waals surface area contributed by atoms with Crippen LogP contribution in [0, 0.1) is 0 Å². The molecule has 1 unspecified atom stereocenters. The lowest BCUT2D eigenvalue weighted by atomic mass is 10.0. The summed E-state index contributed by atoms with van der Waals surface area (Å²) in [6, 6.07) is 19.9. The number of fused-ring (bicyclic) bond motifs is 1. The summed E-state index contributed by atoms with van der Waals surface area (Å²) in [5.74, 6) is -0.209. The number of primary amides is 1. The number of carbonyl (C=O) groups is 2. The van der Waals surface area contributed by atoms with E-state index in [1.165, 1.54) is 0 Å². The summed E-state index contributed by atoms with van der Waals surface area (Å²) in [5.41, 5.74) is 6.77. The van der Waals surface area contributed by atoms with E-state index in [1.54, 1.807) is 0 Å². The Hall–Kier alpha value is -2.86. The van der Waals surface area contributed by atoms with E-state index in [2.05, 4.69) is 26.6 Å². The second-order valence-electron chi connectivity index (χ2n) is 5.93. The number of nitrogens with one attached hydrogen (secondary N) is 2. The first-order chi connectivity index (χ1) is 12.5. The Labute approximate surface area is 159 Å². The maximum atomic E-state index is 12.5. The summed E-state index contributed by atoms with van der Waals surface area (Å²) < 4.78 is 0.862. The summed E-state index contributed by atoms with van der Waals surface area (Å²) in [6.45, 7) is 0. The van der Waals surface area contributed by atoms with Gasteiger partial charge in [0.05, 0.1) is 12.5 Å². The van der Waals surface area contributed by atoms with Crippen LogP contribution in [0.3, 0.4) is 0 Å². The molecule has 0 aliphatic rings. The maximum Gasteiger partial charge on any atom is 0.312 e. The minimum Gasteiger partial charge on any atom is -0.352 e. The number of urea groups is 1. The number of hydrogen-bond donors (Lipinski definition) is 3. The molecule has 3 aromatic carbocycles. The largest absolute Gasteiger partial charge is 0.352 e. The minimum atomic E-state index is -0.673. The Kier molecular flexibility index (Phi) is 5.53. The van der Waals surface area contributed by atoms with Crippen LogP contribution >= 0.6 is 15.9 Å². The molecule has 3 amide bonds. The number of benzene rings is 3. The first kappa shape index (κ1) is 17.9. The van der Waals surface area contributed by atoms with E-state index in [-0.39, 0.29) is 12.3 Å². The van der Waals surface area contributed by atoms with Gasteiger partial charge in [-0.1, -0.05) is 58.4 Å². The van der Waals surface area contributed by atoms with Crippen LogP contribution in [0.5, 0.6) is 0 Å². The van der Waals surface area contributed by atoms with Gasteiger partial charge in [0.15, 0.2) is 0 Å². The molecule has 0 saturated heterocycles. The van der Waals surface area contributed by atoms with E-state index in [4.69, 9.17) is 5.73 Å². The predicted molar refractivity (Wildman–Crippen MR) is 107 cm³/mol. The van der Waals surface area contributed by atoms with E-state index in [0.29, 0.717) is 5.69 Å². The van der Waals surface area contributed by atoms with E-state index >= 15 is 0 Å². The summed E-state index contributed by atoms with van der Waals surface area (Å²) >= 11 is 3.40. The van der Waals surface area contributed by atoms with Crippen molar-refractivity contribution in [2.24, 2.45) is 5.73 Å². The van der Waals surface area contributed by atoms with Crippen molar-refractivity contribution < 1.29 is 9.59 Å². The van der Waals surface area contributed by atoms with Crippen molar-refractivity contribution in [2.45, 2.75) is 12.5 Å². The Bertz CT molecular complexity index is 958.